The molecule has 1 heterocycles. The molecule has 1 unspecified atom stereocenters. The highest BCUT2D eigenvalue weighted by atomic mass is 79.9. The molecule has 1 fully saturated rings. The van der Waals surface area contributed by atoms with Crippen LogP contribution in [0.5, 0.6) is 0 Å². The number of hydrogen-bond donors (Lipinski definition) is 1. The predicted octanol–water partition coefficient (Wildman–Crippen LogP) is 7.47. The molecule has 0 spiro atoms. The van der Waals surface area contributed by atoms with Crippen LogP contribution in [-0.4, -0.2) is 41.9 Å². The lowest BCUT2D eigenvalue weighted by Crippen LogP contribution is -2.28. The summed E-state index contributed by atoms with van der Waals surface area (Å²) in [5.74, 6) is 0. The molecule has 170 valence electrons. The zero-order chi connectivity index (χ0) is 21.3. The van der Waals surface area contributed by atoms with E-state index in [0.29, 0.717) is 6.61 Å². The molecule has 0 amide bonds. The topological polar surface area (TPSA) is 38.7 Å². The molecule has 1 saturated heterocycles. The maximum absolute atomic E-state index is 8.94. The summed E-state index contributed by atoms with van der Waals surface area (Å²) in [7, 11) is 0. The van der Waals surface area contributed by atoms with Gasteiger partial charge in [0, 0.05) is 23.9 Å². The molecule has 0 bridgehead atoms. The fraction of sp³-hybridized carbons (Fsp3) is 1.00. The smallest absolute Gasteiger partial charge is 0.157 e. The minimum absolute atomic E-state index is 0.0607. The lowest BCUT2D eigenvalue weighted by Gasteiger charge is -2.29. The van der Waals surface area contributed by atoms with Crippen molar-refractivity contribution < 1.29 is 14.6 Å². The second-order valence-corrected chi connectivity index (χ2v) is 11.2. The molecule has 0 radical (unpaired) electrons. The molecule has 5 heteroatoms. The summed E-state index contributed by atoms with van der Waals surface area (Å²) < 4.78 is 11.5. The van der Waals surface area contributed by atoms with Crippen molar-refractivity contribution in [1.82, 2.24) is 0 Å². The quantitative estimate of drug-likeness (QED) is 0.187. The van der Waals surface area contributed by atoms with E-state index >= 15 is 0 Å². The van der Waals surface area contributed by atoms with Gasteiger partial charge >= 0.3 is 0 Å². The van der Waals surface area contributed by atoms with Crippen molar-refractivity contribution in [1.29, 1.82) is 0 Å². The lowest BCUT2D eigenvalue weighted by atomic mass is 9.88. The van der Waals surface area contributed by atoms with E-state index < -0.39 is 0 Å². The standard InChI is InChI=1S/C14H27BrO2.C9H19BrO/c1-14(2,9-5-3-6-10-15)12-17-13-8-4-7-11-16-13;1-9(2,8-11)6-4-3-5-7-10/h13H,3-12H2,1-2H3;11H,3-8H2,1-2H3. The Morgan fingerprint density at radius 3 is 1.89 bits per heavy atom. The molecule has 0 aliphatic carbocycles. The summed E-state index contributed by atoms with van der Waals surface area (Å²) in [4.78, 5) is 0. The predicted molar refractivity (Wildman–Crippen MR) is 129 cm³/mol. The van der Waals surface area contributed by atoms with Crippen LogP contribution in [0, 0.1) is 10.8 Å². The van der Waals surface area contributed by atoms with Crippen LogP contribution in [0.1, 0.15) is 98.3 Å². The zero-order valence-electron chi connectivity index (χ0n) is 18.9. The molecule has 0 aromatic carbocycles. The van der Waals surface area contributed by atoms with Gasteiger partial charge in [-0.15, -0.1) is 0 Å². The Balaban J connectivity index is 0.000000576. The van der Waals surface area contributed by atoms with Crippen LogP contribution in [-0.2, 0) is 9.47 Å². The molecule has 0 aromatic rings. The molecule has 0 saturated carbocycles. The van der Waals surface area contributed by atoms with Crippen molar-refractivity contribution in [3.8, 4) is 0 Å². The highest BCUT2D eigenvalue weighted by Crippen LogP contribution is 2.26. The average molecular weight is 530 g/mol. The van der Waals surface area contributed by atoms with Gasteiger partial charge in [0.1, 0.15) is 0 Å². The molecule has 1 rings (SSSR count). The van der Waals surface area contributed by atoms with Gasteiger partial charge in [-0.25, -0.2) is 0 Å². The van der Waals surface area contributed by atoms with E-state index in [1.807, 2.05) is 0 Å². The van der Waals surface area contributed by atoms with Gasteiger partial charge in [-0.05, 0) is 55.8 Å². The normalized spacial score (nSPS) is 17.9. The van der Waals surface area contributed by atoms with E-state index in [1.54, 1.807) is 0 Å². The van der Waals surface area contributed by atoms with Crippen LogP contribution in [0.3, 0.4) is 0 Å². The molecule has 1 atom stereocenters. The molecule has 0 aromatic heterocycles. The Morgan fingerprint density at radius 1 is 0.857 bits per heavy atom. The Hall–Kier alpha value is 0.840. The number of alkyl halides is 2. The molecule has 3 nitrogen and oxygen atoms in total. The summed E-state index contributed by atoms with van der Waals surface area (Å²) in [5, 5.41) is 11.2. The molecular weight excluding hydrogens is 484 g/mol. The molecule has 1 aliphatic rings. The van der Waals surface area contributed by atoms with Crippen molar-refractivity contribution in [2.24, 2.45) is 10.8 Å². The first-order chi connectivity index (χ1) is 13.3. The third-order valence-corrected chi connectivity index (χ3v) is 6.32. The van der Waals surface area contributed by atoms with Gasteiger partial charge in [-0.3, -0.25) is 0 Å². The minimum atomic E-state index is 0.0607. The van der Waals surface area contributed by atoms with Crippen LogP contribution in [0.25, 0.3) is 0 Å². The van der Waals surface area contributed by atoms with Crippen molar-refractivity contribution in [3.05, 3.63) is 0 Å². The van der Waals surface area contributed by atoms with E-state index in [0.717, 1.165) is 36.7 Å². The summed E-state index contributed by atoms with van der Waals surface area (Å²) in [6.45, 7) is 10.8. The van der Waals surface area contributed by atoms with E-state index in [9.17, 15) is 0 Å². The van der Waals surface area contributed by atoms with Gasteiger partial charge in [-0.1, -0.05) is 85.2 Å². The van der Waals surface area contributed by atoms with Crippen molar-refractivity contribution in [3.63, 3.8) is 0 Å². The van der Waals surface area contributed by atoms with Crippen molar-refractivity contribution >= 4 is 31.9 Å². The number of unbranched alkanes of at least 4 members (excludes halogenated alkanes) is 4. The number of aliphatic hydroxyl groups is 1. The van der Waals surface area contributed by atoms with E-state index in [-0.39, 0.29) is 17.1 Å². The van der Waals surface area contributed by atoms with Gasteiger partial charge in [0.15, 0.2) is 6.29 Å². The first-order valence-electron chi connectivity index (χ1n) is 11.2. The monoisotopic (exact) mass is 528 g/mol. The summed E-state index contributed by atoms with van der Waals surface area (Å²) >= 11 is 6.87. The number of halogens is 2. The fourth-order valence-electron chi connectivity index (χ4n) is 3.06. The zero-order valence-corrected chi connectivity index (χ0v) is 22.1. The van der Waals surface area contributed by atoms with E-state index in [2.05, 4.69) is 59.6 Å². The lowest BCUT2D eigenvalue weighted by molar-refractivity contribution is -0.176. The van der Waals surface area contributed by atoms with Gasteiger partial charge in [0.25, 0.3) is 0 Å². The van der Waals surface area contributed by atoms with Crippen molar-refractivity contribution in [2.75, 3.05) is 30.5 Å². The maximum Gasteiger partial charge on any atom is 0.157 e. The second kappa shape index (κ2) is 17.5. The largest absolute Gasteiger partial charge is 0.396 e. The van der Waals surface area contributed by atoms with Crippen LogP contribution in [0.15, 0.2) is 0 Å². The third-order valence-electron chi connectivity index (χ3n) is 5.20. The molecular formula is C23H46Br2O3. The highest BCUT2D eigenvalue weighted by Gasteiger charge is 2.21. The maximum atomic E-state index is 8.94. The Labute approximate surface area is 192 Å². The average Bonchev–Trinajstić information content (AvgIpc) is 2.69. The summed E-state index contributed by atoms with van der Waals surface area (Å²) in [6, 6.07) is 0. The summed E-state index contributed by atoms with van der Waals surface area (Å²) in [6.07, 6.45) is 13.6. The molecule has 1 aliphatic heterocycles. The molecule has 1 N–H and O–H groups in total. The Morgan fingerprint density at radius 2 is 1.43 bits per heavy atom. The molecule has 28 heavy (non-hydrogen) atoms. The number of aliphatic hydroxyl groups excluding tert-OH is 1. The van der Waals surface area contributed by atoms with Gasteiger partial charge in [0.05, 0.1) is 6.61 Å². The third kappa shape index (κ3) is 17.7. The van der Waals surface area contributed by atoms with Crippen LogP contribution in [0.2, 0.25) is 0 Å². The first kappa shape index (κ1) is 28.8. The van der Waals surface area contributed by atoms with E-state index in [1.165, 1.54) is 57.8 Å². The Kier molecular flexibility index (Phi) is 18.0. The number of ether oxygens (including phenoxy) is 2. The van der Waals surface area contributed by atoms with Gasteiger partial charge in [-0.2, -0.15) is 0 Å². The second-order valence-electron chi connectivity index (χ2n) is 9.59. The minimum Gasteiger partial charge on any atom is -0.396 e. The SMILES string of the molecule is CC(C)(CCCCCBr)COC1CCCCO1.CC(C)(CO)CCCCCBr. The number of hydrogen-bond acceptors (Lipinski definition) is 3. The van der Waals surface area contributed by atoms with E-state index in [4.69, 9.17) is 14.6 Å². The van der Waals surface area contributed by atoms with Gasteiger partial charge < -0.3 is 14.6 Å². The summed E-state index contributed by atoms with van der Waals surface area (Å²) in [5.41, 5.74) is 0.416. The Bertz CT molecular complexity index is 343. The fourth-order valence-corrected chi connectivity index (χ4v) is 3.86. The highest BCUT2D eigenvalue weighted by molar-refractivity contribution is 9.09. The van der Waals surface area contributed by atoms with Crippen LogP contribution in [0.4, 0.5) is 0 Å². The van der Waals surface area contributed by atoms with Crippen LogP contribution < -0.4 is 0 Å². The van der Waals surface area contributed by atoms with Crippen molar-refractivity contribution in [2.45, 2.75) is 105 Å². The number of rotatable bonds is 14. The first-order valence-corrected chi connectivity index (χ1v) is 13.5. The van der Waals surface area contributed by atoms with Gasteiger partial charge in [0.2, 0.25) is 0 Å². The van der Waals surface area contributed by atoms with Crippen LogP contribution >= 0.6 is 31.9 Å².